The predicted molar refractivity (Wildman–Crippen MR) is 159 cm³/mol. The molecule has 1 saturated heterocycles. The van der Waals surface area contributed by atoms with E-state index in [1.165, 1.54) is 12.1 Å². The number of ether oxygens (including phenoxy) is 1. The summed E-state index contributed by atoms with van der Waals surface area (Å²) in [6, 6.07) is 18.9. The third-order valence-corrected chi connectivity index (χ3v) is 7.40. The number of esters is 2. The van der Waals surface area contributed by atoms with Gasteiger partial charge in [0.25, 0.3) is 0 Å². The van der Waals surface area contributed by atoms with Gasteiger partial charge in [0.15, 0.2) is 0 Å². The van der Waals surface area contributed by atoms with Gasteiger partial charge >= 0.3 is 24.1 Å². The number of hydrogen-bond donors (Lipinski definition) is 1. The second kappa shape index (κ2) is 13.7. The van der Waals surface area contributed by atoms with E-state index in [0.717, 1.165) is 67.6 Å². The Morgan fingerprint density at radius 2 is 1.68 bits per heavy atom. The molecule has 1 fully saturated rings. The molecule has 0 saturated carbocycles. The van der Waals surface area contributed by atoms with Crippen molar-refractivity contribution in [2.75, 3.05) is 18.4 Å². The average Bonchev–Trinajstić information content (AvgIpc) is 3.65. The van der Waals surface area contributed by atoms with Gasteiger partial charge in [-0.2, -0.15) is 13.2 Å². The highest BCUT2D eigenvalue weighted by atomic mass is 19.4. The molecule has 12 heteroatoms. The number of likely N-dealkylation sites (tertiary alicyclic amines) is 1. The molecule has 0 bridgehead atoms. The van der Waals surface area contributed by atoms with Crippen molar-refractivity contribution in [3.63, 3.8) is 0 Å². The van der Waals surface area contributed by atoms with Crippen molar-refractivity contribution < 1.29 is 37.8 Å². The molecule has 2 amide bonds. The summed E-state index contributed by atoms with van der Waals surface area (Å²) in [5.74, 6) is -3.01. The van der Waals surface area contributed by atoms with Crippen LogP contribution in [0, 0.1) is 0 Å². The Labute approximate surface area is 251 Å². The molecule has 0 radical (unpaired) electrons. The van der Waals surface area contributed by atoms with Crippen LogP contribution in [-0.4, -0.2) is 57.2 Å². The van der Waals surface area contributed by atoms with Crippen LogP contribution in [-0.2, 0) is 22.5 Å². The van der Waals surface area contributed by atoms with Gasteiger partial charge in [-0.05, 0) is 60.2 Å². The normalized spacial score (nSPS) is 13.0. The van der Waals surface area contributed by atoms with Crippen molar-refractivity contribution in [3.8, 4) is 11.1 Å². The lowest BCUT2D eigenvalue weighted by atomic mass is 9.98. The van der Waals surface area contributed by atoms with Gasteiger partial charge in [0.05, 0.1) is 16.6 Å². The SMILES string of the molecule is CCCCc1nc2ccc(NC(=O)N3CCCC3)cc2n1Cc1ccc(-c2ccccc2C(=O)OC(=O)C(F)(F)F)cc1.O. The zero-order valence-electron chi connectivity index (χ0n) is 24.1. The zero-order chi connectivity index (χ0) is 30.6. The van der Waals surface area contributed by atoms with Crippen molar-refractivity contribution in [2.45, 2.75) is 51.7 Å². The number of halogens is 3. The van der Waals surface area contributed by atoms with Crippen molar-refractivity contribution >= 4 is 34.7 Å². The molecule has 0 atom stereocenters. The van der Waals surface area contributed by atoms with E-state index < -0.39 is 18.1 Å². The lowest BCUT2D eigenvalue weighted by Gasteiger charge is -2.16. The molecule has 0 spiro atoms. The molecule has 3 aromatic carbocycles. The Morgan fingerprint density at radius 3 is 2.36 bits per heavy atom. The van der Waals surface area contributed by atoms with E-state index in [0.29, 0.717) is 23.4 Å². The number of benzene rings is 3. The van der Waals surface area contributed by atoms with E-state index >= 15 is 0 Å². The molecular formula is C32H33F3N4O5. The zero-order valence-corrected chi connectivity index (χ0v) is 24.1. The van der Waals surface area contributed by atoms with Gasteiger partial charge in [0, 0.05) is 31.7 Å². The Bertz CT molecular complexity index is 1640. The number of aryl methyl sites for hydroxylation is 1. The van der Waals surface area contributed by atoms with Crippen LogP contribution in [0.3, 0.4) is 0 Å². The lowest BCUT2D eigenvalue weighted by Crippen LogP contribution is -2.32. The molecule has 4 aromatic rings. The molecule has 0 aliphatic carbocycles. The first-order valence-corrected chi connectivity index (χ1v) is 14.2. The summed E-state index contributed by atoms with van der Waals surface area (Å²) in [4.78, 5) is 43.0. The fourth-order valence-electron chi connectivity index (χ4n) is 5.16. The number of urea groups is 1. The summed E-state index contributed by atoms with van der Waals surface area (Å²) in [6.45, 7) is 4.11. The van der Waals surface area contributed by atoms with E-state index in [1.54, 1.807) is 24.3 Å². The second-order valence-electron chi connectivity index (χ2n) is 10.5. The van der Waals surface area contributed by atoms with Gasteiger partial charge in [0.2, 0.25) is 0 Å². The number of rotatable bonds is 8. The largest absolute Gasteiger partial charge is 0.491 e. The van der Waals surface area contributed by atoms with Gasteiger partial charge in [-0.1, -0.05) is 55.8 Å². The summed E-state index contributed by atoms with van der Waals surface area (Å²) < 4.78 is 44.1. The van der Waals surface area contributed by atoms with E-state index in [9.17, 15) is 27.6 Å². The van der Waals surface area contributed by atoms with Crippen LogP contribution < -0.4 is 5.32 Å². The Balaban J connectivity index is 0.00000442. The first kappa shape index (κ1) is 32.2. The maximum Gasteiger partial charge on any atom is 0.491 e. The summed E-state index contributed by atoms with van der Waals surface area (Å²) >= 11 is 0. The minimum atomic E-state index is -5.28. The monoisotopic (exact) mass is 610 g/mol. The maximum atomic E-state index is 12.7. The average molecular weight is 611 g/mol. The van der Waals surface area contributed by atoms with E-state index in [4.69, 9.17) is 4.98 Å². The quantitative estimate of drug-likeness (QED) is 0.189. The van der Waals surface area contributed by atoms with Crippen molar-refractivity contribution in [2.24, 2.45) is 0 Å². The number of fused-ring (bicyclic) bond motifs is 1. The maximum absolute atomic E-state index is 12.7. The molecule has 2 heterocycles. The molecule has 1 aromatic heterocycles. The summed E-state index contributed by atoms with van der Waals surface area (Å²) in [7, 11) is 0. The third kappa shape index (κ3) is 7.25. The highest BCUT2D eigenvalue weighted by Crippen LogP contribution is 2.28. The molecule has 1 aliphatic heterocycles. The number of carbonyl (C=O) groups excluding carboxylic acids is 3. The van der Waals surface area contributed by atoms with Gasteiger partial charge < -0.3 is 25.0 Å². The number of amides is 2. The Kier molecular flexibility index (Phi) is 10.0. The van der Waals surface area contributed by atoms with E-state index in [-0.39, 0.29) is 17.1 Å². The van der Waals surface area contributed by atoms with Crippen molar-refractivity contribution in [3.05, 3.63) is 83.7 Å². The summed E-state index contributed by atoms with van der Waals surface area (Å²) in [5, 5.41) is 3.00. The third-order valence-electron chi connectivity index (χ3n) is 7.40. The smallest absolute Gasteiger partial charge is 0.412 e. The van der Waals surface area contributed by atoms with Crippen LogP contribution in [0.5, 0.6) is 0 Å². The topological polar surface area (TPSA) is 125 Å². The standard InChI is InChI=1S/C32H31F3N4O4.H2O/c1-2-3-10-28-37-26-16-15-23(36-31(42)38-17-6-7-18-38)19-27(26)39(28)20-21-11-13-22(14-12-21)24-8-4-5-9-25(24)29(40)43-30(41)32(33,34)35;/h4-5,8-9,11-16,19H,2-3,6-7,10,17-18,20H2,1H3,(H,36,42);1H2. The summed E-state index contributed by atoms with van der Waals surface area (Å²) in [6.07, 6.45) is -0.515. The molecule has 1 aliphatic rings. The number of nitrogens with one attached hydrogen (secondary N) is 1. The van der Waals surface area contributed by atoms with E-state index in [2.05, 4.69) is 21.5 Å². The number of carbonyl (C=O) groups is 3. The highest BCUT2D eigenvalue weighted by molar-refractivity contribution is 6.03. The molecule has 5 rings (SSSR count). The first-order chi connectivity index (χ1) is 20.6. The Morgan fingerprint density at radius 1 is 0.977 bits per heavy atom. The number of aromatic nitrogens is 2. The predicted octanol–water partition coefficient (Wildman–Crippen LogP) is 6.14. The minimum Gasteiger partial charge on any atom is -0.412 e. The number of alkyl halides is 3. The fourth-order valence-corrected chi connectivity index (χ4v) is 5.16. The highest BCUT2D eigenvalue weighted by Gasteiger charge is 2.42. The van der Waals surface area contributed by atoms with Crippen LogP contribution in [0.15, 0.2) is 66.7 Å². The fraction of sp³-hybridized carbons (Fsp3) is 0.312. The van der Waals surface area contributed by atoms with Crippen LogP contribution in [0.2, 0.25) is 0 Å². The van der Waals surface area contributed by atoms with Gasteiger partial charge in [-0.3, -0.25) is 0 Å². The molecule has 232 valence electrons. The van der Waals surface area contributed by atoms with Crippen molar-refractivity contribution in [1.29, 1.82) is 0 Å². The first-order valence-electron chi connectivity index (χ1n) is 14.2. The number of hydrogen-bond acceptors (Lipinski definition) is 5. The van der Waals surface area contributed by atoms with Crippen molar-refractivity contribution in [1.82, 2.24) is 14.5 Å². The minimum absolute atomic E-state index is 0. The second-order valence-corrected chi connectivity index (χ2v) is 10.5. The lowest BCUT2D eigenvalue weighted by molar-refractivity contribution is -0.193. The van der Waals surface area contributed by atoms with Crippen LogP contribution in [0.25, 0.3) is 22.2 Å². The number of nitrogens with zero attached hydrogens (tertiary/aromatic N) is 3. The molecule has 9 nitrogen and oxygen atoms in total. The molecule has 3 N–H and O–H groups in total. The van der Waals surface area contributed by atoms with Gasteiger partial charge in [0.1, 0.15) is 5.82 Å². The number of anilines is 1. The van der Waals surface area contributed by atoms with E-state index in [1.807, 2.05) is 35.2 Å². The van der Waals surface area contributed by atoms with Gasteiger partial charge in [-0.25, -0.2) is 19.4 Å². The van der Waals surface area contributed by atoms with Crippen LogP contribution >= 0.6 is 0 Å². The van der Waals surface area contributed by atoms with Gasteiger partial charge in [-0.15, -0.1) is 0 Å². The number of unbranched alkanes of at least 4 members (excludes halogenated alkanes) is 1. The van der Waals surface area contributed by atoms with Crippen LogP contribution in [0.1, 0.15) is 54.4 Å². The molecule has 44 heavy (non-hydrogen) atoms. The summed E-state index contributed by atoms with van der Waals surface area (Å²) in [5.41, 5.74) is 4.09. The molecular weight excluding hydrogens is 577 g/mol. The number of imidazole rings is 1. The Hall–Kier alpha value is -4.71. The molecule has 0 unspecified atom stereocenters. The van der Waals surface area contributed by atoms with Crippen LogP contribution in [0.4, 0.5) is 23.7 Å².